The minimum atomic E-state index is -3.26. The van der Waals surface area contributed by atoms with Crippen molar-refractivity contribution in [2.45, 2.75) is 25.7 Å². The summed E-state index contributed by atoms with van der Waals surface area (Å²) in [6.45, 7) is 1.40. The van der Waals surface area contributed by atoms with Gasteiger partial charge in [-0.1, -0.05) is 0 Å². The molecule has 0 aromatic heterocycles. The Kier molecular flexibility index (Phi) is 8.95. The molecule has 0 aliphatic carbocycles. The number of methoxy groups -OCH3 is 1. The number of unbranched alkanes of at least 4 members (excludes halogenated alkanes) is 1. The molecule has 108 valence electrons. The van der Waals surface area contributed by atoms with Crippen LogP contribution in [0.25, 0.3) is 0 Å². The lowest BCUT2D eigenvalue weighted by Gasteiger charge is -2.09. The highest BCUT2D eigenvalue weighted by atomic mass is 32.2. The lowest BCUT2D eigenvalue weighted by molar-refractivity contribution is -0.140. The van der Waals surface area contributed by atoms with Crippen molar-refractivity contribution >= 4 is 16.0 Å². The van der Waals surface area contributed by atoms with Gasteiger partial charge in [0.05, 0.1) is 12.9 Å². The molecular weight excluding hydrogens is 256 g/mol. The number of esters is 1. The number of nitrogens with zero attached hydrogens (tertiary/aromatic N) is 1. The van der Waals surface area contributed by atoms with Crippen LogP contribution in [0, 0.1) is 0 Å². The van der Waals surface area contributed by atoms with E-state index in [1.165, 1.54) is 7.11 Å². The molecule has 0 saturated heterocycles. The Hall–Kier alpha value is -0.660. The van der Waals surface area contributed by atoms with Crippen LogP contribution in [0.15, 0.2) is 0 Å². The van der Waals surface area contributed by atoms with Gasteiger partial charge in [0.15, 0.2) is 0 Å². The van der Waals surface area contributed by atoms with Crippen molar-refractivity contribution in [3.8, 4) is 0 Å². The molecule has 0 radical (unpaired) electrons. The topological polar surface area (TPSA) is 75.7 Å². The third kappa shape index (κ3) is 10.5. The molecule has 0 aromatic carbocycles. The first-order chi connectivity index (χ1) is 8.37. The summed E-state index contributed by atoms with van der Waals surface area (Å²) in [5, 5.41) is 0. The van der Waals surface area contributed by atoms with Gasteiger partial charge in [-0.15, -0.1) is 0 Å². The highest BCUT2D eigenvalue weighted by Crippen LogP contribution is 1.97. The summed E-state index contributed by atoms with van der Waals surface area (Å²) in [5.41, 5.74) is 0. The number of hydrogen-bond donors (Lipinski definition) is 1. The molecular formula is C11H24N2O4S. The van der Waals surface area contributed by atoms with Gasteiger partial charge >= 0.3 is 5.97 Å². The monoisotopic (exact) mass is 280 g/mol. The number of nitrogens with one attached hydrogen (secondary N) is 1. The summed E-state index contributed by atoms with van der Waals surface area (Å²) < 4.78 is 30.0. The molecule has 0 unspecified atom stereocenters. The summed E-state index contributed by atoms with van der Waals surface area (Å²) in [5.74, 6) is -0.410. The van der Waals surface area contributed by atoms with Crippen molar-refractivity contribution < 1.29 is 17.9 Å². The summed E-state index contributed by atoms with van der Waals surface area (Å²) in [6.07, 6.45) is 2.20. The third-order valence-electron chi connectivity index (χ3n) is 2.38. The fraction of sp³-hybridized carbons (Fsp3) is 0.909. The Balaban J connectivity index is 3.64. The SMILES string of the molecule is COC(=O)CCCS(=O)(=O)NCCCCN(C)C. The van der Waals surface area contributed by atoms with E-state index in [9.17, 15) is 13.2 Å². The average molecular weight is 280 g/mol. The quantitative estimate of drug-likeness (QED) is 0.457. The first-order valence-corrected chi connectivity index (χ1v) is 7.71. The lowest BCUT2D eigenvalue weighted by atomic mass is 10.3. The van der Waals surface area contributed by atoms with E-state index in [1.807, 2.05) is 14.1 Å². The fourth-order valence-electron chi connectivity index (χ4n) is 1.36. The van der Waals surface area contributed by atoms with Crippen molar-refractivity contribution in [2.24, 2.45) is 0 Å². The molecule has 0 fully saturated rings. The average Bonchev–Trinajstić information content (AvgIpc) is 2.27. The Labute approximate surface area is 110 Å². The number of carbonyl (C=O) groups excluding carboxylic acids is 1. The number of hydrogen-bond acceptors (Lipinski definition) is 5. The van der Waals surface area contributed by atoms with Crippen LogP contribution in [0.3, 0.4) is 0 Å². The van der Waals surface area contributed by atoms with Crippen LogP contribution in [-0.4, -0.2) is 59.3 Å². The van der Waals surface area contributed by atoms with Crippen LogP contribution in [0.4, 0.5) is 0 Å². The predicted octanol–water partition coefficient (Wildman–Crippen LogP) is 0.201. The molecule has 0 aromatic rings. The smallest absolute Gasteiger partial charge is 0.305 e. The van der Waals surface area contributed by atoms with Gasteiger partial charge in [0.1, 0.15) is 0 Å². The van der Waals surface area contributed by atoms with Crippen LogP contribution >= 0.6 is 0 Å². The fourth-order valence-corrected chi connectivity index (χ4v) is 2.49. The van der Waals surface area contributed by atoms with Gasteiger partial charge in [-0.2, -0.15) is 0 Å². The molecule has 0 aliphatic rings. The van der Waals surface area contributed by atoms with Crippen LogP contribution in [0.1, 0.15) is 25.7 Å². The Morgan fingerprint density at radius 1 is 1.22 bits per heavy atom. The molecule has 1 N–H and O–H groups in total. The van der Waals surface area contributed by atoms with E-state index in [0.29, 0.717) is 13.0 Å². The summed E-state index contributed by atoms with van der Waals surface area (Å²) in [6, 6.07) is 0. The van der Waals surface area contributed by atoms with Gasteiger partial charge in [0, 0.05) is 13.0 Å². The zero-order valence-electron chi connectivity index (χ0n) is 11.4. The molecule has 0 aliphatic heterocycles. The van der Waals surface area contributed by atoms with E-state index < -0.39 is 10.0 Å². The molecule has 18 heavy (non-hydrogen) atoms. The summed E-state index contributed by atoms with van der Waals surface area (Å²) >= 11 is 0. The van der Waals surface area contributed by atoms with E-state index in [4.69, 9.17) is 0 Å². The molecule has 7 heteroatoms. The Morgan fingerprint density at radius 2 is 1.89 bits per heavy atom. The maximum absolute atomic E-state index is 11.5. The molecule has 0 amide bonds. The first-order valence-electron chi connectivity index (χ1n) is 6.06. The molecule has 6 nitrogen and oxygen atoms in total. The highest BCUT2D eigenvalue weighted by Gasteiger charge is 2.10. The van der Waals surface area contributed by atoms with Crippen LogP contribution in [0.2, 0.25) is 0 Å². The second-order valence-electron chi connectivity index (χ2n) is 4.40. The Bertz CT molecular complexity index is 328. The van der Waals surface area contributed by atoms with Crippen molar-refractivity contribution in [3.05, 3.63) is 0 Å². The molecule has 0 bridgehead atoms. The maximum atomic E-state index is 11.5. The van der Waals surface area contributed by atoms with E-state index in [1.54, 1.807) is 0 Å². The lowest BCUT2D eigenvalue weighted by Crippen LogP contribution is -2.28. The maximum Gasteiger partial charge on any atom is 0.305 e. The van der Waals surface area contributed by atoms with Crippen molar-refractivity contribution in [2.75, 3.05) is 40.0 Å². The van der Waals surface area contributed by atoms with E-state index in [2.05, 4.69) is 14.4 Å². The van der Waals surface area contributed by atoms with Gasteiger partial charge in [-0.3, -0.25) is 4.79 Å². The summed E-state index contributed by atoms with van der Waals surface area (Å²) in [7, 11) is 2.00. The minimum Gasteiger partial charge on any atom is -0.469 e. The highest BCUT2D eigenvalue weighted by molar-refractivity contribution is 7.89. The van der Waals surface area contributed by atoms with Crippen molar-refractivity contribution in [3.63, 3.8) is 0 Å². The van der Waals surface area contributed by atoms with Gasteiger partial charge in [0.2, 0.25) is 10.0 Å². The molecule has 0 heterocycles. The largest absolute Gasteiger partial charge is 0.469 e. The molecule has 0 rings (SSSR count). The van der Waals surface area contributed by atoms with Gasteiger partial charge < -0.3 is 9.64 Å². The third-order valence-corrected chi connectivity index (χ3v) is 3.85. The number of rotatable bonds is 10. The van der Waals surface area contributed by atoms with Crippen LogP contribution in [-0.2, 0) is 19.6 Å². The standard InChI is InChI=1S/C11H24N2O4S/c1-13(2)9-5-4-8-12-18(15,16)10-6-7-11(14)17-3/h12H,4-10H2,1-3H3. The van der Waals surface area contributed by atoms with Crippen LogP contribution in [0.5, 0.6) is 0 Å². The number of ether oxygens (including phenoxy) is 1. The minimum absolute atomic E-state index is 0.0320. The van der Waals surface area contributed by atoms with Crippen molar-refractivity contribution in [1.82, 2.24) is 9.62 Å². The first kappa shape index (κ1) is 17.3. The summed E-state index contributed by atoms with van der Waals surface area (Å²) in [4.78, 5) is 12.9. The molecule has 0 saturated carbocycles. The van der Waals surface area contributed by atoms with E-state index in [0.717, 1.165) is 19.4 Å². The predicted molar refractivity (Wildman–Crippen MR) is 70.8 cm³/mol. The number of sulfonamides is 1. The Morgan fingerprint density at radius 3 is 2.44 bits per heavy atom. The zero-order chi connectivity index (χ0) is 14.0. The second-order valence-corrected chi connectivity index (χ2v) is 6.33. The normalized spacial score (nSPS) is 11.8. The van der Waals surface area contributed by atoms with Gasteiger partial charge in [0.25, 0.3) is 0 Å². The molecule has 0 atom stereocenters. The van der Waals surface area contributed by atoms with Gasteiger partial charge in [-0.05, 0) is 39.9 Å². The zero-order valence-corrected chi connectivity index (χ0v) is 12.3. The van der Waals surface area contributed by atoms with E-state index >= 15 is 0 Å². The van der Waals surface area contributed by atoms with Gasteiger partial charge in [-0.25, -0.2) is 13.1 Å². The van der Waals surface area contributed by atoms with Crippen molar-refractivity contribution in [1.29, 1.82) is 0 Å². The number of carbonyl (C=O) groups is 1. The molecule has 0 spiro atoms. The van der Waals surface area contributed by atoms with Crippen LogP contribution < -0.4 is 4.72 Å². The second kappa shape index (κ2) is 9.29. The van der Waals surface area contributed by atoms with E-state index in [-0.39, 0.29) is 18.1 Å².